The number of hydrogen-bond donors (Lipinski definition) is 2. The fourth-order valence-corrected chi connectivity index (χ4v) is 1.73. The molecule has 0 amide bonds. The molecule has 1 aromatic heterocycles. The maximum Gasteiger partial charge on any atom is 0.311 e. The van der Waals surface area contributed by atoms with Crippen LogP contribution in [0, 0.1) is 17.0 Å². The summed E-state index contributed by atoms with van der Waals surface area (Å²) < 4.78 is 0. The smallest absolute Gasteiger partial charge is 0.311 e. The minimum atomic E-state index is -0.578. The number of halogens is 1. The van der Waals surface area contributed by atoms with Crippen molar-refractivity contribution in [3.63, 3.8) is 0 Å². The molecular weight excluding hydrogens is 268 g/mol. The van der Waals surface area contributed by atoms with Gasteiger partial charge in [0.25, 0.3) is 0 Å². The summed E-state index contributed by atoms with van der Waals surface area (Å²) in [6, 6.07) is 8.27. The number of aromatic nitrogens is 1. The summed E-state index contributed by atoms with van der Waals surface area (Å²) >= 11 is 6.04. The van der Waals surface area contributed by atoms with Crippen LogP contribution in [0.25, 0.3) is 0 Å². The van der Waals surface area contributed by atoms with E-state index in [1.807, 2.05) is 19.1 Å². The second-order valence-corrected chi connectivity index (χ2v) is 4.37. The Morgan fingerprint density at radius 3 is 2.74 bits per heavy atom. The Bertz CT molecular complexity index is 646. The van der Waals surface area contributed by atoms with Crippen LogP contribution in [0.3, 0.4) is 0 Å². The zero-order chi connectivity index (χ0) is 14.0. The molecule has 0 fully saturated rings. The zero-order valence-electron chi connectivity index (χ0n) is 10.1. The molecule has 1 heterocycles. The molecule has 98 valence electrons. The van der Waals surface area contributed by atoms with E-state index < -0.39 is 4.92 Å². The van der Waals surface area contributed by atoms with E-state index in [0.717, 1.165) is 5.56 Å². The van der Waals surface area contributed by atoms with Crippen LogP contribution in [0.5, 0.6) is 0 Å². The molecule has 1 aromatic carbocycles. The number of nitrogen functional groups attached to an aromatic ring is 1. The number of anilines is 3. The summed E-state index contributed by atoms with van der Waals surface area (Å²) in [7, 11) is 0. The van der Waals surface area contributed by atoms with Gasteiger partial charge in [0, 0.05) is 6.07 Å². The molecule has 6 nitrogen and oxygen atoms in total. The van der Waals surface area contributed by atoms with Crippen LogP contribution in [0.1, 0.15) is 5.56 Å². The monoisotopic (exact) mass is 278 g/mol. The summed E-state index contributed by atoms with van der Waals surface area (Å²) in [5.41, 5.74) is 7.00. The number of nitro groups is 1. The van der Waals surface area contributed by atoms with Crippen molar-refractivity contribution >= 4 is 34.6 Å². The van der Waals surface area contributed by atoms with Crippen molar-refractivity contribution in [1.29, 1.82) is 0 Å². The maximum atomic E-state index is 10.6. The Morgan fingerprint density at radius 2 is 2.11 bits per heavy atom. The summed E-state index contributed by atoms with van der Waals surface area (Å²) in [4.78, 5) is 14.0. The minimum Gasteiger partial charge on any atom is -0.378 e. The van der Waals surface area contributed by atoms with Crippen molar-refractivity contribution in [3.8, 4) is 0 Å². The summed E-state index contributed by atoms with van der Waals surface area (Å²) in [5, 5.41) is 14.1. The number of hydrogen-bond acceptors (Lipinski definition) is 5. The van der Waals surface area contributed by atoms with Crippen molar-refractivity contribution in [2.45, 2.75) is 6.92 Å². The lowest BCUT2D eigenvalue weighted by Gasteiger charge is -2.09. The van der Waals surface area contributed by atoms with E-state index >= 15 is 0 Å². The van der Waals surface area contributed by atoms with Gasteiger partial charge < -0.3 is 11.1 Å². The van der Waals surface area contributed by atoms with Crippen molar-refractivity contribution in [3.05, 3.63) is 51.0 Å². The predicted molar refractivity (Wildman–Crippen MR) is 74.8 cm³/mol. The number of pyridine rings is 1. The van der Waals surface area contributed by atoms with Gasteiger partial charge in [-0.1, -0.05) is 17.7 Å². The van der Waals surface area contributed by atoms with E-state index in [9.17, 15) is 10.1 Å². The zero-order valence-corrected chi connectivity index (χ0v) is 10.8. The first kappa shape index (κ1) is 13.1. The van der Waals surface area contributed by atoms with Gasteiger partial charge in [0.1, 0.15) is 5.82 Å². The van der Waals surface area contributed by atoms with Gasteiger partial charge in [0.2, 0.25) is 5.82 Å². The first-order valence-corrected chi connectivity index (χ1v) is 5.79. The lowest BCUT2D eigenvalue weighted by Crippen LogP contribution is -2.01. The number of nitrogens with two attached hydrogens (primary N) is 1. The lowest BCUT2D eigenvalue weighted by molar-refractivity contribution is -0.384. The topological polar surface area (TPSA) is 94.1 Å². The van der Waals surface area contributed by atoms with Gasteiger partial charge in [-0.2, -0.15) is 0 Å². The first-order valence-electron chi connectivity index (χ1n) is 5.41. The highest BCUT2D eigenvalue weighted by molar-refractivity contribution is 6.33. The van der Waals surface area contributed by atoms with Crippen molar-refractivity contribution in [1.82, 2.24) is 4.98 Å². The average molecular weight is 279 g/mol. The number of nitrogens with one attached hydrogen (secondary N) is 1. The van der Waals surface area contributed by atoms with Crippen LogP contribution in [0.15, 0.2) is 30.3 Å². The molecule has 0 saturated heterocycles. The Morgan fingerprint density at radius 1 is 1.37 bits per heavy atom. The minimum absolute atomic E-state index is 0.140. The van der Waals surface area contributed by atoms with E-state index in [4.69, 9.17) is 17.3 Å². The molecular formula is C12H11ClN4O2. The van der Waals surface area contributed by atoms with E-state index in [-0.39, 0.29) is 11.5 Å². The molecule has 2 aromatic rings. The third kappa shape index (κ3) is 2.92. The van der Waals surface area contributed by atoms with Crippen LogP contribution in [-0.4, -0.2) is 9.91 Å². The second kappa shape index (κ2) is 5.11. The van der Waals surface area contributed by atoms with Crippen LogP contribution >= 0.6 is 11.6 Å². The fourth-order valence-electron chi connectivity index (χ4n) is 1.56. The van der Waals surface area contributed by atoms with Gasteiger partial charge in [-0.15, -0.1) is 0 Å². The van der Waals surface area contributed by atoms with Crippen LogP contribution in [0.2, 0.25) is 5.02 Å². The van der Waals surface area contributed by atoms with Crippen LogP contribution in [-0.2, 0) is 0 Å². The van der Waals surface area contributed by atoms with E-state index in [1.54, 1.807) is 6.07 Å². The summed E-state index contributed by atoms with van der Waals surface area (Å²) in [6.45, 7) is 1.93. The molecule has 0 atom stereocenters. The van der Waals surface area contributed by atoms with E-state index in [1.165, 1.54) is 12.1 Å². The van der Waals surface area contributed by atoms with Gasteiger partial charge in [-0.3, -0.25) is 10.1 Å². The normalized spacial score (nSPS) is 10.2. The van der Waals surface area contributed by atoms with Gasteiger partial charge in [0.15, 0.2) is 0 Å². The predicted octanol–water partition coefficient (Wildman–Crippen LogP) is 3.28. The van der Waals surface area contributed by atoms with Crippen molar-refractivity contribution in [2.24, 2.45) is 0 Å². The molecule has 0 unspecified atom stereocenters. The van der Waals surface area contributed by atoms with Crippen molar-refractivity contribution in [2.75, 3.05) is 11.1 Å². The Balaban J connectivity index is 2.31. The number of aryl methyl sites for hydroxylation is 1. The van der Waals surface area contributed by atoms with Crippen LogP contribution in [0.4, 0.5) is 23.0 Å². The molecule has 2 rings (SSSR count). The summed E-state index contributed by atoms with van der Waals surface area (Å²) in [5.74, 6) is 0.259. The highest BCUT2D eigenvalue weighted by Gasteiger charge is 2.13. The summed E-state index contributed by atoms with van der Waals surface area (Å²) in [6.07, 6.45) is 0. The fraction of sp³-hybridized carbons (Fsp3) is 0.0833. The highest BCUT2D eigenvalue weighted by Crippen LogP contribution is 2.27. The molecule has 0 radical (unpaired) electrons. The van der Waals surface area contributed by atoms with E-state index in [2.05, 4.69) is 10.3 Å². The van der Waals surface area contributed by atoms with Crippen LogP contribution < -0.4 is 11.1 Å². The number of rotatable bonds is 3. The van der Waals surface area contributed by atoms with Gasteiger partial charge in [0.05, 0.1) is 15.6 Å². The molecule has 0 bridgehead atoms. The molecule has 0 aliphatic carbocycles. The molecule has 0 aliphatic heterocycles. The second-order valence-electron chi connectivity index (χ2n) is 3.97. The molecule has 3 N–H and O–H groups in total. The van der Waals surface area contributed by atoms with Crippen molar-refractivity contribution < 1.29 is 4.92 Å². The average Bonchev–Trinajstić information content (AvgIpc) is 2.33. The maximum absolute atomic E-state index is 10.6. The molecule has 19 heavy (non-hydrogen) atoms. The third-order valence-electron chi connectivity index (χ3n) is 2.48. The SMILES string of the molecule is Cc1ccc(Cl)c(Nc2ccc([N+](=O)[O-])c(N)n2)c1. The molecule has 7 heteroatoms. The Labute approximate surface area is 114 Å². The largest absolute Gasteiger partial charge is 0.378 e. The number of benzene rings is 1. The Hall–Kier alpha value is -2.34. The highest BCUT2D eigenvalue weighted by atomic mass is 35.5. The molecule has 0 spiro atoms. The van der Waals surface area contributed by atoms with Gasteiger partial charge >= 0.3 is 5.69 Å². The molecule has 0 saturated carbocycles. The Kier molecular flexibility index (Phi) is 3.52. The van der Waals surface area contributed by atoms with Gasteiger partial charge in [-0.05, 0) is 30.7 Å². The van der Waals surface area contributed by atoms with Gasteiger partial charge in [-0.25, -0.2) is 4.98 Å². The number of nitrogens with zero attached hydrogens (tertiary/aromatic N) is 2. The first-order chi connectivity index (χ1) is 8.97. The lowest BCUT2D eigenvalue weighted by atomic mass is 10.2. The quantitative estimate of drug-likeness (QED) is 0.664. The standard InChI is InChI=1S/C12H11ClN4O2/c1-7-2-3-8(13)9(6-7)15-11-5-4-10(17(18)19)12(14)16-11/h2-6H,1H3,(H3,14,15,16). The third-order valence-corrected chi connectivity index (χ3v) is 2.81. The van der Waals surface area contributed by atoms with E-state index in [0.29, 0.717) is 16.5 Å². The molecule has 0 aliphatic rings.